The van der Waals surface area contributed by atoms with Crippen LogP contribution in [0.3, 0.4) is 0 Å². The average molecular weight is 184 g/mol. The summed E-state index contributed by atoms with van der Waals surface area (Å²) in [5.41, 5.74) is 5.67. The van der Waals surface area contributed by atoms with Gasteiger partial charge in [0.05, 0.1) is 12.1 Å². The summed E-state index contributed by atoms with van der Waals surface area (Å²) in [6.07, 6.45) is 3.08. The first kappa shape index (κ1) is 8.97. The lowest BCUT2D eigenvalue weighted by Crippen LogP contribution is -2.57. The summed E-state index contributed by atoms with van der Waals surface area (Å²) >= 11 is 0. The van der Waals surface area contributed by atoms with Gasteiger partial charge in [0.25, 0.3) is 0 Å². The Hall–Kier alpha value is -0.610. The molecular weight excluding hydrogens is 168 g/mol. The van der Waals surface area contributed by atoms with Crippen LogP contribution < -0.4 is 5.73 Å². The number of likely N-dealkylation sites (tertiary alicyclic amines) is 1. The van der Waals surface area contributed by atoms with Crippen LogP contribution in [0.4, 0.5) is 0 Å². The lowest BCUT2D eigenvalue weighted by atomic mass is 9.86. The van der Waals surface area contributed by atoms with E-state index in [1.807, 2.05) is 4.90 Å². The Morgan fingerprint density at radius 2 is 2.15 bits per heavy atom. The monoisotopic (exact) mass is 184 g/mol. The molecular formula is C9H16N2O2. The maximum absolute atomic E-state index is 11.6. The highest BCUT2D eigenvalue weighted by Gasteiger charge is 2.37. The molecule has 4 heteroatoms. The average Bonchev–Trinajstić information content (AvgIpc) is 2.05. The van der Waals surface area contributed by atoms with Crippen LogP contribution in [-0.4, -0.2) is 40.6 Å². The molecule has 1 saturated carbocycles. The highest BCUT2D eigenvalue weighted by molar-refractivity contribution is 5.82. The molecule has 1 saturated heterocycles. The molecule has 2 aliphatic rings. The first-order chi connectivity index (χ1) is 6.18. The summed E-state index contributed by atoms with van der Waals surface area (Å²) in [6.45, 7) is 0.823. The Morgan fingerprint density at radius 1 is 1.46 bits per heavy atom. The summed E-state index contributed by atoms with van der Waals surface area (Å²) < 4.78 is 0. The quantitative estimate of drug-likeness (QED) is 0.575. The summed E-state index contributed by atoms with van der Waals surface area (Å²) in [5.74, 6) is 0.0724. The molecule has 1 unspecified atom stereocenters. The van der Waals surface area contributed by atoms with Gasteiger partial charge in [0.2, 0.25) is 5.91 Å². The molecule has 1 atom stereocenters. The van der Waals surface area contributed by atoms with Crippen LogP contribution in [0.15, 0.2) is 0 Å². The van der Waals surface area contributed by atoms with Crippen LogP contribution in [0.2, 0.25) is 0 Å². The van der Waals surface area contributed by atoms with Gasteiger partial charge in [-0.25, -0.2) is 0 Å². The van der Waals surface area contributed by atoms with Crippen LogP contribution >= 0.6 is 0 Å². The molecule has 0 bridgehead atoms. The zero-order valence-electron chi connectivity index (χ0n) is 7.65. The van der Waals surface area contributed by atoms with Gasteiger partial charge in [-0.05, 0) is 25.7 Å². The fraction of sp³-hybridized carbons (Fsp3) is 0.889. The highest BCUT2D eigenvalue weighted by Crippen LogP contribution is 2.28. The molecule has 4 nitrogen and oxygen atoms in total. The minimum absolute atomic E-state index is 0.0724. The first-order valence-corrected chi connectivity index (χ1v) is 4.92. The molecule has 74 valence electrons. The van der Waals surface area contributed by atoms with Crippen molar-refractivity contribution in [2.24, 2.45) is 5.73 Å². The summed E-state index contributed by atoms with van der Waals surface area (Å²) in [7, 11) is 0. The maximum atomic E-state index is 11.6. The van der Waals surface area contributed by atoms with E-state index in [9.17, 15) is 4.79 Å². The second-order valence-electron chi connectivity index (χ2n) is 4.06. The minimum Gasteiger partial charge on any atom is -0.393 e. The number of carbonyl (C=O) groups excluding carboxylic acids is 1. The number of aliphatic hydroxyl groups excluding tert-OH is 1. The molecule has 13 heavy (non-hydrogen) atoms. The van der Waals surface area contributed by atoms with E-state index in [0.717, 1.165) is 32.2 Å². The van der Waals surface area contributed by atoms with Crippen molar-refractivity contribution in [1.82, 2.24) is 4.90 Å². The van der Waals surface area contributed by atoms with Crippen LogP contribution in [0.1, 0.15) is 25.7 Å². The van der Waals surface area contributed by atoms with E-state index in [4.69, 9.17) is 10.8 Å². The third-order valence-electron chi connectivity index (χ3n) is 3.04. The third kappa shape index (κ3) is 1.56. The Morgan fingerprint density at radius 3 is 2.77 bits per heavy atom. The fourth-order valence-electron chi connectivity index (χ4n) is 2.10. The van der Waals surface area contributed by atoms with Gasteiger partial charge < -0.3 is 15.7 Å². The van der Waals surface area contributed by atoms with Crippen molar-refractivity contribution in [3.8, 4) is 0 Å². The van der Waals surface area contributed by atoms with Gasteiger partial charge in [-0.2, -0.15) is 0 Å². The molecule has 1 amide bonds. The molecule has 3 N–H and O–H groups in total. The van der Waals surface area contributed by atoms with Gasteiger partial charge >= 0.3 is 0 Å². The van der Waals surface area contributed by atoms with Gasteiger partial charge in [-0.1, -0.05) is 0 Å². The number of aliphatic hydroxyl groups is 1. The lowest BCUT2D eigenvalue weighted by Gasteiger charge is -2.43. The van der Waals surface area contributed by atoms with E-state index in [-0.39, 0.29) is 24.1 Å². The van der Waals surface area contributed by atoms with E-state index in [2.05, 4.69) is 0 Å². The van der Waals surface area contributed by atoms with Crippen molar-refractivity contribution in [2.45, 2.75) is 43.9 Å². The van der Waals surface area contributed by atoms with E-state index >= 15 is 0 Å². The number of piperidine rings is 1. The smallest absolute Gasteiger partial charge is 0.239 e. The second-order valence-corrected chi connectivity index (χ2v) is 4.06. The minimum atomic E-state index is -0.300. The van der Waals surface area contributed by atoms with E-state index in [1.165, 1.54) is 0 Å². The standard InChI is InChI=1S/C9H16N2O2/c10-8-2-1-3-11(9(8)13)6-4-7(12)5-6/h6-8,12H,1-5,10H2. The van der Waals surface area contributed by atoms with Crippen molar-refractivity contribution in [3.63, 3.8) is 0 Å². The Balaban J connectivity index is 1.94. The molecule has 0 aromatic carbocycles. The van der Waals surface area contributed by atoms with Gasteiger partial charge in [-0.15, -0.1) is 0 Å². The lowest BCUT2D eigenvalue weighted by molar-refractivity contribution is -0.142. The molecule has 2 fully saturated rings. The summed E-state index contributed by atoms with van der Waals surface area (Å²) in [5, 5.41) is 9.13. The number of hydrogen-bond acceptors (Lipinski definition) is 3. The van der Waals surface area contributed by atoms with Crippen molar-refractivity contribution in [1.29, 1.82) is 0 Å². The molecule has 1 heterocycles. The SMILES string of the molecule is NC1CCCN(C2CC(O)C2)C1=O. The molecule has 0 aromatic heterocycles. The zero-order valence-corrected chi connectivity index (χ0v) is 7.65. The molecule has 1 aliphatic heterocycles. The Labute approximate surface area is 77.7 Å². The van der Waals surface area contributed by atoms with Gasteiger partial charge in [0.15, 0.2) is 0 Å². The number of rotatable bonds is 1. The van der Waals surface area contributed by atoms with Crippen LogP contribution in [0.25, 0.3) is 0 Å². The summed E-state index contributed by atoms with van der Waals surface area (Å²) in [6, 6.07) is -0.0413. The second kappa shape index (κ2) is 3.27. The number of nitrogens with two attached hydrogens (primary N) is 1. The summed E-state index contributed by atoms with van der Waals surface area (Å²) in [4.78, 5) is 13.4. The number of carbonyl (C=O) groups is 1. The predicted octanol–water partition coefficient (Wildman–Crippen LogP) is -0.541. The molecule has 0 spiro atoms. The zero-order chi connectivity index (χ0) is 9.42. The van der Waals surface area contributed by atoms with E-state index in [0.29, 0.717) is 0 Å². The van der Waals surface area contributed by atoms with Crippen LogP contribution in [-0.2, 0) is 4.79 Å². The van der Waals surface area contributed by atoms with Gasteiger partial charge in [0.1, 0.15) is 0 Å². The molecule has 2 rings (SSSR count). The Kier molecular flexibility index (Phi) is 2.26. The van der Waals surface area contributed by atoms with E-state index < -0.39 is 0 Å². The Bertz CT molecular complexity index is 214. The fourth-order valence-corrected chi connectivity index (χ4v) is 2.10. The maximum Gasteiger partial charge on any atom is 0.239 e. The number of hydrogen-bond donors (Lipinski definition) is 2. The third-order valence-corrected chi connectivity index (χ3v) is 3.04. The van der Waals surface area contributed by atoms with Gasteiger partial charge in [0, 0.05) is 12.6 Å². The predicted molar refractivity (Wildman–Crippen MR) is 48.0 cm³/mol. The van der Waals surface area contributed by atoms with Crippen LogP contribution in [0.5, 0.6) is 0 Å². The number of amides is 1. The van der Waals surface area contributed by atoms with Crippen molar-refractivity contribution >= 4 is 5.91 Å². The van der Waals surface area contributed by atoms with Crippen molar-refractivity contribution in [3.05, 3.63) is 0 Å². The van der Waals surface area contributed by atoms with Crippen LogP contribution in [0, 0.1) is 0 Å². The molecule has 0 radical (unpaired) electrons. The van der Waals surface area contributed by atoms with E-state index in [1.54, 1.807) is 0 Å². The van der Waals surface area contributed by atoms with Gasteiger partial charge in [-0.3, -0.25) is 4.79 Å². The molecule has 1 aliphatic carbocycles. The molecule has 0 aromatic rings. The van der Waals surface area contributed by atoms with Crippen molar-refractivity contribution < 1.29 is 9.90 Å². The highest BCUT2D eigenvalue weighted by atomic mass is 16.3. The largest absolute Gasteiger partial charge is 0.393 e. The topological polar surface area (TPSA) is 66.6 Å². The van der Waals surface area contributed by atoms with Crippen molar-refractivity contribution in [2.75, 3.05) is 6.54 Å². The normalized spacial score (nSPS) is 40.3. The first-order valence-electron chi connectivity index (χ1n) is 4.92. The number of nitrogens with zero attached hydrogens (tertiary/aromatic N) is 1.